The summed E-state index contributed by atoms with van der Waals surface area (Å²) in [5.74, 6) is 0.0346. The Hall–Kier alpha value is -2.08. The van der Waals surface area contributed by atoms with E-state index < -0.39 is 0 Å². The molecule has 0 atom stereocenters. The highest BCUT2D eigenvalue weighted by molar-refractivity contribution is 7.07. The zero-order valence-electron chi connectivity index (χ0n) is 10.9. The molecule has 0 spiro atoms. The number of aromatic nitrogens is 1. The lowest BCUT2D eigenvalue weighted by atomic mass is 10.2. The summed E-state index contributed by atoms with van der Waals surface area (Å²) in [6.07, 6.45) is 4.25. The second-order valence-corrected chi connectivity index (χ2v) is 5.66. The largest absolute Gasteiger partial charge is 0.409 e. The Labute approximate surface area is 121 Å². The van der Waals surface area contributed by atoms with Gasteiger partial charge in [-0.15, -0.1) is 0 Å². The smallest absolute Gasteiger partial charge is 0.188 e. The van der Waals surface area contributed by atoms with Gasteiger partial charge in [0.25, 0.3) is 0 Å². The van der Waals surface area contributed by atoms with Crippen molar-refractivity contribution in [1.29, 1.82) is 0 Å². The molecule has 6 heteroatoms. The molecule has 20 heavy (non-hydrogen) atoms. The molecule has 0 aliphatic heterocycles. The minimum Gasteiger partial charge on any atom is -0.409 e. The van der Waals surface area contributed by atoms with Gasteiger partial charge in [-0.05, 0) is 47.4 Å². The van der Waals surface area contributed by atoms with Crippen LogP contribution in [-0.2, 0) is 6.54 Å². The Morgan fingerprint density at radius 2 is 2.30 bits per heavy atom. The highest BCUT2D eigenvalue weighted by Crippen LogP contribution is 2.33. The summed E-state index contributed by atoms with van der Waals surface area (Å²) in [5.41, 5.74) is 8.41. The molecule has 2 heterocycles. The number of hydrogen-bond acceptors (Lipinski definition) is 5. The van der Waals surface area contributed by atoms with Crippen molar-refractivity contribution in [1.82, 2.24) is 4.98 Å². The zero-order valence-corrected chi connectivity index (χ0v) is 11.8. The lowest BCUT2D eigenvalue weighted by molar-refractivity contribution is 0.318. The number of nitrogens with two attached hydrogens (primary N) is 1. The first-order chi connectivity index (χ1) is 9.78. The molecule has 0 unspecified atom stereocenters. The molecule has 1 saturated carbocycles. The van der Waals surface area contributed by atoms with Gasteiger partial charge in [0.1, 0.15) is 5.69 Å². The third-order valence-electron chi connectivity index (χ3n) is 3.37. The molecular weight excluding hydrogens is 272 g/mol. The average Bonchev–Trinajstić information content (AvgIpc) is 3.21. The second-order valence-electron chi connectivity index (χ2n) is 4.88. The molecule has 3 rings (SSSR count). The van der Waals surface area contributed by atoms with Crippen molar-refractivity contribution in [3.05, 3.63) is 46.4 Å². The number of thiophene rings is 1. The molecule has 0 saturated heterocycles. The van der Waals surface area contributed by atoms with Gasteiger partial charge in [-0.1, -0.05) is 5.16 Å². The first-order valence-electron chi connectivity index (χ1n) is 6.49. The first-order valence-corrected chi connectivity index (χ1v) is 7.44. The van der Waals surface area contributed by atoms with E-state index in [1.54, 1.807) is 23.6 Å². The third kappa shape index (κ3) is 2.75. The number of hydrogen-bond donors (Lipinski definition) is 2. The van der Waals surface area contributed by atoms with Gasteiger partial charge < -0.3 is 15.8 Å². The van der Waals surface area contributed by atoms with Crippen LogP contribution in [0.2, 0.25) is 0 Å². The molecule has 3 N–H and O–H groups in total. The van der Waals surface area contributed by atoms with Gasteiger partial charge in [0, 0.05) is 12.6 Å². The van der Waals surface area contributed by atoms with Gasteiger partial charge in [0.2, 0.25) is 0 Å². The van der Waals surface area contributed by atoms with Gasteiger partial charge in [0.15, 0.2) is 5.84 Å². The maximum Gasteiger partial charge on any atom is 0.188 e. The van der Waals surface area contributed by atoms with Crippen LogP contribution < -0.4 is 10.6 Å². The molecule has 104 valence electrons. The summed E-state index contributed by atoms with van der Waals surface area (Å²) in [5, 5.41) is 15.9. The Morgan fingerprint density at radius 3 is 2.85 bits per heavy atom. The molecular formula is C14H16N4OS. The summed E-state index contributed by atoms with van der Waals surface area (Å²) >= 11 is 1.72. The van der Waals surface area contributed by atoms with Crippen molar-refractivity contribution in [2.45, 2.75) is 25.4 Å². The van der Waals surface area contributed by atoms with Crippen LogP contribution in [0.1, 0.15) is 24.1 Å². The van der Waals surface area contributed by atoms with E-state index in [1.165, 1.54) is 18.4 Å². The summed E-state index contributed by atoms with van der Waals surface area (Å²) < 4.78 is 0. The second kappa shape index (κ2) is 5.50. The number of nitrogens with zero attached hydrogens (tertiary/aromatic N) is 3. The van der Waals surface area contributed by atoms with Crippen molar-refractivity contribution in [2.75, 3.05) is 4.90 Å². The van der Waals surface area contributed by atoms with E-state index in [9.17, 15) is 0 Å². The van der Waals surface area contributed by atoms with Gasteiger partial charge in [-0.3, -0.25) is 4.98 Å². The van der Waals surface area contributed by atoms with Crippen LogP contribution in [0.3, 0.4) is 0 Å². The molecule has 0 amide bonds. The minimum absolute atomic E-state index is 0.0346. The zero-order chi connectivity index (χ0) is 13.9. The van der Waals surface area contributed by atoms with Crippen molar-refractivity contribution in [3.63, 3.8) is 0 Å². The van der Waals surface area contributed by atoms with E-state index in [0.717, 1.165) is 12.2 Å². The summed E-state index contributed by atoms with van der Waals surface area (Å²) in [6, 6.07) is 6.52. The van der Waals surface area contributed by atoms with E-state index in [0.29, 0.717) is 11.7 Å². The van der Waals surface area contributed by atoms with Crippen molar-refractivity contribution >= 4 is 22.9 Å². The predicted molar refractivity (Wildman–Crippen MR) is 80.3 cm³/mol. The van der Waals surface area contributed by atoms with Crippen molar-refractivity contribution in [3.8, 4) is 0 Å². The molecule has 1 aliphatic carbocycles. The number of rotatable bonds is 5. The Kier molecular flexibility index (Phi) is 3.56. The highest BCUT2D eigenvalue weighted by Gasteiger charge is 2.29. The maximum absolute atomic E-state index is 8.65. The van der Waals surface area contributed by atoms with Crippen LogP contribution in [0, 0.1) is 0 Å². The SMILES string of the molecule is N/C(=N/O)c1ccc(N(Cc2ccsc2)C2CC2)cn1. The average molecular weight is 288 g/mol. The van der Waals surface area contributed by atoms with Crippen molar-refractivity contribution in [2.24, 2.45) is 10.9 Å². The molecule has 2 aromatic heterocycles. The molecule has 2 aromatic rings. The molecule has 0 radical (unpaired) electrons. The van der Waals surface area contributed by atoms with Crippen LogP contribution in [0.5, 0.6) is 0 Å². The van der Waals surface area contributed by atoms with Crippen molar-refractivity contribution < 1.29 is 5.21 Å². The van der Waals surface area contributed by atoms with Crippen LogP contribution in [-0.4, -0.2) is 22.1 Å². The van der Waals surface area contributed by atoms with Gasteiger partial charge in [-0.25, -0.2) is 0 Å². The van der Waals surface area contributed by atoms with E-state index in [4.69, 9.17) is 10.9 Å². The summed E-state index contributed by atoms with van der Waals surface area (Å²) in [6.45, 7) is 0.902. The topological polar surface area (TPSA) is 74.7 Å². The highest BCUT2D eigenvalue weighted by atomic mass is 32.1. The monoisotopic (exact) mass is 288 g/mol. The van der Waals surface area contributed by atoms with E-state index >= 15 is 0 Å². The molecule has 0 bridgehead atoms. The lowest BCUT2D eigenvalue weighted by Gasteiger charge is -2.24. The normalized spacial score (nSPS) is 15.3. The molecule has 0 aromatic carbocycles. The fourth-order valence-electron chi connectivity index (χ4n) is 2.16. The number of oxime groups is 1. The predicted octanol–water partition coefficient (Wildman–Crippen LogP) is 2.41. The lowest BCUT2D eigenvalue weighted by Crippen LogP contribution is -2.25. The molecule has 1 fully saturated rings. The number of anilines is 1. The van der Waals surface area contributed by atoms with Crippen LogP contribution in [0.25, 0.3) is 0 Å². The number of pyridine rings is 1. The van der Waals surface area contributed by atoms with E-state index in [-0.39, 0.29) is 5.84 Å². The fourth-order valence-corrected chi connectivity index (χ4v) is 2.82. The molecule has 5 nitrogen and oxygen atoms in total. The summed E-state index contributed by atoms with van der Waals surface area (Å²) in [7, 11) is 0. The van der Waals surface area contributed by atoms with Gasteiger partial charge in [0.05, 0.1) is 11.9 Å². The van der Waals surface area contributed by atoms with E-state index in [2.05, 4.69) is 31.9 Å². The Balaban J connectivity index is 1.81. The molecule has 1 aliphatic rings. The standard InChI is InChI=1S/C14H16N4OS/c15-14(17-19)13-4-3-12(7-16-13)18(11-1-2-11)8-10-5-6-20-9-10/h3-7,9,11,19H,1-2,8H2,(H2,15,17). The quantitative estimate of drug-likeness (QED) is 0.383. The fraction of sp³-hybridized carbons (Fsp3) is 0.286. The Morgan fingerprint density at radius 1 is 1.45 bits per heavy atom. The summed E-state index contributed by atoms with van der Waals surface area (Å²) in [4.78, 5) is 6.62. The van der Waals surface area contributed by atoms with Gasteiger partial charge >= 0.3 is 0 Å². The maximum atomic E-state index is 8.65. The van der Waals surface area contributed by atoms with Gasteiger partial charge in [-0.2, -0.15) is 11.3 Å². The Bertz CT molecular complexity index is 590. The van der Waals surface area contributed by atoms with E-state index in [1.807, 2.05) is 6.07 Å². The minimum atomic E-state index is 0.0346. The van der Waals surface area contributed by atoms with Crippen LogP contribution in [0.15, 0.2) is 40.3 Å². The van der Waals surface area contributed by atoms with Crippen LogP contribution >= 0.6 is 11.3 Å². The third-order valence-corrected chi connectivity index (χ3v) is 4.10. The number of amidine groups is 1. The first kappa shape index (κ1) is 12.9. The van der Waals surface area contributed by atoms with Crippen LogP contribution in [0.4, 0.5) is 5.69 Å².